The molecular weight excluding hydrogens is 554 g/mol. The van der Waals surface area contributed by atoms with Crippen LogP contribution in [0, 0.1) is 17.0 Å². The quantitative estimate of drug-likeness (QED) is 0.0889. The summed E-state index contributed by atoms with van der Waals surface area (Å²) in [6, 6.07) is 13.4. The van der Waals surface area contributed by atoms with Crippen molar-refractivity contribution in [3.8, 4) is 11.6 Å². The molecule has 1 aromatic heterocycles. The summed E-state index contributed by atoms with van der Waals surface area (Å²) in [5, 5.41) is 14.2. The SMILES string of the molecule is COC(=O)CCCCCCN(Cc1ccc(Nc2ncc(C)c(Oc3cccc([N+](=O)[O-])c3)n2)cc1)C(=O)OC(C)(C)C. The minimum absolute atomic E-state index is 0.0801. The lowest BCUT2D eigenvalue weighted by Gasteiger charge is -2.27. The lowest BCUT2D eigenvalue weighted by atomic mass is 10.1. The molecule has 0 saturated heterocycles. The van der Waals surface area contributed by atoms with Crippen LogP contribution in [0.2, 0.25) is 0 Å². The van der Waals surface area contributed by atoms with Crippen molar-refractivity contribution in [1.29, 1.82) is 0 Å². The Labute approximate surface area is 251 Å². The average Bonchev–Trinajstić information content (AvgIpc) is 2.96. The predicted molar refractivity (Wildman–Crippen MR) is 161 cm³/mol. The van der Waals surface area contributed by atoms with Gasteiger partial charge in [0.15, 0.2) is 0 Å². The largest absolute Gasteiger partial charge is 0.469 e. The van der Waals surface area contributed by atoms with Crippen molar-refractivity contribution in [2.24, 2.45) is 0 Å². The summed E-state index contributed by atoms with van der Waals surface area (Å²) in [5.74, 6) is 0.646. The number of hydrogen-bond donors (Lipinski definition) is 1. The topological polar surface area (TPSA) is 146 Å². The van der Waals surface area contributed by atoms with Crippen molar-refractivity contribution < 1.29 is 28.7 Å². The minimum Gasteiger partial charge on any atom is -0.469 e. The zero-order valence-corrected chi connectivity index (χ0v) is 25.3. The molecule has 0 spiro atoms. The third-order valence-corrected chi connectivity index (χ3v) is 6.19. The number of nitrogens with one attached hydrogen (secondary N) is 1. The van der Waals surface area contributed by atoms with Crippen LogP contribution < -0.4 is 10.1 Å². The number of hydrogen-bond acceptors (Lipinski definition) is 10. The normalized spacial score (nSPS) is 11.0. The monoisotopic (exact) mass is 593 g/mol. The molecule has 1 N–H and O–H groups in total. The zero-order valence-electron chi connectivity index (χ0n) is 25.3. The number of rotatable bonds is 14. The first kappa shape index (κ1) is 32.8. The number of benzene rings is 2. The fraction of sp³-hybridized carbons (Fsp3) is 0.419. The number of carbonyl (C=O) groups excluding carboxylic acids is 2. The summed E-state index contributed by atoms with van der Waals surface area (Å²) in [7, 11) is 1.39. The first-order chi connectivity index (χ1) is 20.4. The minimum atomic E-state index is -0.616. The summed E-state index contributed by atoms with van der Waals surface area (Å²) in [6.07, 6.45) is 4.90. The molecule has 0 aliphatic rings. The summed E-state index contributed by atoms with van der Waals surface area (Å²) in [6.45, 7) is 8.19. The molecule has 0 saturated carbocycles. The third kappa shape index (κ3) is 11.2. The highest BCUT2D eigenvalue weighted by molar-refractivity contribution is 5.69. The van der Waals surface area contributed by atoms with E-state index in [1.54, 1.807) is 30.2 Å². The van der Waals surface area contributed by atoms with Crippen LogP contribution in [0.4, 0.5) is 22.1 Å². The second kappa shape index (κ2) is 15.5. The predicted octanol–water partition coefficient (Wildman–Crippen LogP) is 7.09. The van der Waals surface area contributed by atoms with Gasteiger partial charge in [-0.25, -0.2) is 9.78 Å². The van der Waals surface area contributed by atoms with Crippen LogP contribution >= 0.6 is 0 Å². The number of esters is 1. The highest BCUT2D eigenvalue weighted by atomic mass is 16.6. The summed E-state index contributed by atoms with van der Waals surface area (Å²) < 4.78 is 16.1. The van der Waals surface area contributed by atoms with Gasteiger partial charge in [-0.3, -0.25) is 14.9 Å². The first-order valence-electron chi connectivity index (χ1n) is 14.1. The molecule has 12 nitrogen and oxygen atoms in total. The van der Waals surface area contributed by atoms with E-state index in [1.807, 2.05) is 45.0 Å². The Kier molecular flexibility index (Phi) is 11.8. The van der Waals surface area contributed by atoms with Crippen molar-refractivity contribution >= 4 is 29.4 Å². The van der Waals surface area contributed by atoms with E-state index in [1.165, 1.54) is 19.2 Å². The van der Waals surface area contributed by atoms with Crippen LogP contribution in [-0.2, 0) is 20.8 Å². The van der Waals surface area contributed by atoms with Crippen molar-refractivity contribution in [1.82, 2.24) is 14.9 Å². The molecule has 0 radical (unpaired) electrons. The Bertz CT molecular complexity index is 1390. The van der Waals surface area contributed by atoms with Crippen molar-refractivity contribution in [2.45, 2.75) is 71.9 Å². The molecule has 3 rings (SSSR count). The number of nitro groups is 1. The molecule has 43 heavy (non-hydrogen) atoms. The molecule has 230 valence electrons. The van der Waals surface area contributed by atoms with E-state index < -0.39 is 10.5 Å². The smallest absolute Gasteiger partial charge is 0.410 e. The number of nitro benzene ring substituents is 1. The third-order valence-electron chi connectivity index (χ3n) is 6.19. The highest BCUT2D eigenvalue weighted by Crippen LogP contribution is 2.27. The maximum absolute atomic E-state index is 12.9. The second-order valence-electron chi connectivity index (χ2n) is 11.0. The number of unbranched alkanes of at least 4 members (excludes halogenated alkanes) is 3. The number of aryl methyl sites for hydroxylation is 1. The number of anilines is 2. The number of non-ortho nitro benzene ring substituents is 1. The molecule has 0 bridgehead atoms. The van der Waals surface area contributed by atoms with Gasteiger partial charge >= 0.3 is 12.1 Å². The van der Waals surface area contributed by atoms with E-state index in [9.17, 15) is 19.7 Å². The Morgan fingerprint density at radius 1 is 1.05 bits per heavy atom. The van der Waals surface area contributed by atoms with Crippen LogP contribution in [0.3, 0.4) is 0 Å². The van der Waals surface area contributed by atoms with Gasteiger partial charge in [0.25, 0.3) is 5.69 Å². The Morgan fingerprint density at radius 3 is 2.44 bits per heavy atom. The maximum atomic E-state index is 12.9. The molecule has 0 atom stereocenters. The molecular formula is C31H39N5O7. The van der Waals surface area contributed by atoms with E-state index in [4.69, 9.17) is 9.47 Å². The van der Waals surface area contributed by atoms with Gasteiger partial charge in [0.1, 0.15) is 11.4 Å². The van der Waals surface area contributed by atoms with E-state index in [2.05, 4.69) is 20.0 Å². The number of aromatic nitrogens is 2. The van der Waals surface area contributed by atoms with Crippen LogP contribution in [0.1, 0.15) is 64.0 Å². The summed E-state index contributed by atoms with van der Waals surface area (Å²) in [5.41, 5.74) is 1.61. The van der Waals surface area contributed by atoms with Gasteiger partial charge in [-0.2, -0.15) is 4.98 Å². The molecule has 1 amide bonds. The van der Waals surface area contributed by atoms with Crippen LogP contribution in [-0.4, -0.2) is 51.1 Å². The number of methoxy groups -OCH3 is 1. The molecule has 0 aliphatic heterocycles. The van der Waals surface area contributed by atoms with E-state index in [-0.39, 0.29) is 23.6 Å². The lowest BCUT2D eigenvalue weighted by Crippen LogP contribution is -2.37. The van der Waals surface area contributed by atoms with Crippen LogP contribution in [0.5, 0.6) is 11.6 Å². The van der Waals surface area contributed by atoms with Gasteiger partial charge in [0.2, 0.25) is 11.8 Å². The van der Waals surface area contributed by atoms with Crippen LogP contribution in [0.25, 0.3) is 0 Å². The van der Waals surface area contributed by atoms with E-state index >= 15 is 0 Å². The second-order valence-corrected chi connectivity index (χ2v) is 11.0. The Balaban J connectivity index is 1.62. The van der Waals surface area contributed by atoms with Crippen molar-refractivity contribution in [3.05, 3.63) is 76.0 Å². The Morgan fingerprint density at radius 2 is 1.77 bits per heavy atom. The van der Waals surface area contributed by atoms with Gasteiger partial charge < -0.3 is 24.4 Å². The number of nitrogens with zero attached hydrogens (tertiary/aromatic N) is 4. The molecule has 0 aliphatic carbocycles. The number of ether oxygens (including phenoxy) is 3. The molecule has 0 unspecified atom stereocenters. The Hall–Kier alpha value is -4.74. The van der Waals surface area contributed by atoms with Gasteiger partial charge in [-0.05, 0) is 64.3 Å². The number of amides is 1. The van der Waals surface area contributed by atoms with Crippen molar-refractivity contribution in [2.75, 3.05) is 19.0 Å². The summed E-state index contributed by atoms with van der Waals surface area (Å²) in [4.78, 5) is 45.3. The lowest BCUT2D eigenvalue weighted by molar-refractivity contribution is -0.384. The first-order valence-corrected chi connectivity index (χ1v) is 14.1. The van der Waals surface area contributed by atoms with Crippen molar-refractivity contribution in [3.63, 3.8) is 0 Å². The maximum Gasteiger partial charge on any atom is 0.410 e. The molecule has 12 heteroatoms. The zero-order chi connectivity index (χ0) is 31.4. The van der Waals surface area contributed by atoms with E-state index in [0.29, 0.717) is 36.8 Å². The molecule has 2 aromatic carbocycles. The van der Waals surface area contributed by atoms with Gasteiger partial charge in [0, 0.05) is 43.0 Å². The molecule has 1 heterocycles. The fourth-order valence-electron chi connectivity index (χ4n) is 3.99. The number of carbonyl (C=O) groups is 2. The van der Waals surface area contributed by atoms with Gasteiger partial charge in [0.05, 0.1) is 18.1 Å². The van der Waals surface area contributed by atoms with Gasteiger partial charge in [-0.1, -0.05) is 31.0 Å². The fourth-order valence-corrected chi connectivity index (χ4v) is 3.99. The summed E-state index contributed by atoms with van der Waals surface area (Å²) >= 11 is 0. The standard InChI is InChI=1S/C31H39N5O7/c1-22-20-32-29(34-28(22)42-26-12-10-11-25(19-26)36(39)40)33-24-16-14-23(15-17-24)21-35(30(38)43-31(2,3)4)18-9-7-6-8-13-27(37)41-5/h10-12,14-17,19-20H,6-9,13,18,21H2,1-5H3,(H,32,33,34). The average molecular weight is 594 g/mol. The van der Waals surface area contributed by atoms with E-state index in [0.717, 1.165) is 36.9 Å². The molecule has 0 fully saturated rings. The highest BCUT2D eigenvalue weighted by Gasteiger charge is 2.22. The molecule has 3 aromatic rings. The van der Waals surface area contributed by atoms with Gasteiger partial charge in [-0.15, -0.1) is 0 Å². The van der Waals surface area contributed by atoms with Crippen LogP contribution in [0.15, 0.2) is 54.7 Å².